The summed E-state index contributed by atoms with van der Waals surface area (Å²) < 4.78 is 0. The Labute approximate surface area is 105 Å². The summed E-state index contributed by atoms with van der Waals surface area (Å²) in [6, 6.07) is 8.40. The minimum Gasteiger partial charge on any atom is -0.262 e. The van der Waals surface area contributed by atoms with Crippen LogP contribution in [0, 0.1) is 13.8 Å². The van der Waals surface area contributed by atoms with Gasteiger partial charge in [-0.3, -0.25) is 9.97 Å². The molecule has 0 aliphatic rings. The van der Waals surface area contributed by atoms with Gasteiger partial charge < -0.3 is 0 Å². The molecule has 2 rings (SSSR count). The van der Waals surface area contributed by atoms with E-state index in [0.717, 1.165) is 29.7 Å². The zero-order valence-electron chi connectivity index (χ0n) is 10.9. The fraction of sp³-hybridized carbons (Fsp3) is 0.167. The van der Waals surface area contributed by atoms with Crippen molar-refractivity contribution in [2.24, 2.45) is 0 Å². The average molecular weight is 220 g/mol. The Balaban J connectivity index is 2.55. The SMILES string of the molecule is BBc1cc(C)cc(-c2cc(C)cc(B)n2)n1. The predicted octanol–water partition coefficient (Wildman–Crippen LogP) is -1.37. The predicted molar refractivity (Wildman–Crippen MR) is 80.4 cm³/mol. The Morgan fingerprint density at radius 2 is 1.53 bits per heavy atom. The lowest BCUT2D eigenvalue weighted by atomic mass is 9.53. The van der Waals surface area contributed by atoms with Crippen LogP contribution in [-0.2, 0) is 0 Å². The highest BCUT2D eigenvalue weighted by atomic mass is 14.8. The second-order valence-corrected chi connectivity index (χ2v) is 4.55. The number of pyridine rings is 2. The molecule has 0 atom stereocenters. The van der Waals surface area contributed by atoms with E-state index < -0.39 is 0 Å². The molecule has 0 saturated carbocycles. The summed E-state index contributed by atoms with van der Waals surface area (Å²) in [5, 5.41) is 0. The second-order valence-electron chi connectivity index (χ2n) is 4.55. The fourth-order valence-electron chi connectivity index (χ4n) is 2.02. The summed E-state index contributed by atoms with van der Waals surface area (Å²) in [4.78, 5) is 9.20. The summed E-state index contributed by atoms with van der Waals surface area (Å²) in [5.41, 5.74) is 6.60. The van der Waals surface area contributed by atoms with Crippen LogP contribution in [0.2, 0.25) is 0 Å². The molecule has 0 aliphatic heterocycles. The minimum absolute atomic E-state index is 0.958. The molecule has 0 amide bonds. The molecule has 0 saturated heterocycles. The van der Waals surface area contributed by atoms with Gasteiger partial charge in [-0.05, 0) is 60.4 Å². The van der Waals surface area contributed by atoms with Crippen molar-refractivity contribution < 1.29 is 0 Å². The van der Waals surface area contributed by atoms with E-state index in [2.05, 4.69) is 55.8 Å². The van der Waals surface area contributed by atoms with Gasteiger partial charge in [-0.2, -0.15) is 0 Å². The molecule has 2 aromatic heterocycles. The van der Waals surface area contributed by atoms with Gasteiger partial charge >= 0.3 is 0 Å². The summed E-state index contributed by atoms with van der Waals surface area (Å²) >= 11 is 0. The molecule has 0 unspecified atom stereocenters. The molecule has 0 aromatic carbocycles. The van der Waals surface area contributed by atoms with Crippen molar-refractivity contribution >= 4 is 33.9 Å². The van der Waals surface area contributed by atoms with Gasteiger partial charge in [-0.1, -0.05) is 0 Å². The normalized spacial score (nSPS) is 10.2. The lowest BCUT2D eigenvalue weighted by molar-refractivity contribution is 1.26. The highest BCUT2D eigenvalue weighted by molar-refractivity contribution is 6.97. The zero-order valence-corrected chi connectivity index (χ0v) is 10.9. The third kappa shape index (κ3) is 2.79. The first-order chi connectivity index (χ1) is 8.08. The first-order valence-corrected chi connectivity index (χ1v) is 6.01. The van der Waals surface area contributed by atoms with Crippen LogP contribution in [0.25, 0.3) is 11.4 Å². The molecule has 0 fully saturated rings. The van der Waals surface area contributed by atoms with Gasteiger partial charge in [0, 0.05) is 0 Å². The minimum atomic E-state index is 0.958. The van der Waals surface area contributed by atoms with Crippen molar-refractivity contribution in [1.82, 2.24) is 9.97 Å². The highest BCUT2D eigenvalue weighted by Gasteiger charge is 2.05. The van der Waals surface area contributed by atoms with E-state index in [9.17, 15) is 0 Å². The number of hydrogen-bond acceptors (Lipinski definition) is 2. The van der Waals surface area contributed by atoms with E-state index in [1.165, 1.54) is 11.1 Å². The van der Waals surface area contributed by atoms with Crippen LogP contribution in [0.1, 0.15) is 11.1 Å². The van der Waals surface area contributed by atoms with Crippen LogP contribution in [0.4, 0.5) is 0 Å². The Bertz CT molecular complexity index is 535. The van der Waals surface area contributed by atoms with Gasteiger partial charge in [0.1, 0.15) is 7.17 Å². The number of aryl methyl sites for hydroxylation is 2. The summed E-state index contributed by atoms with van der Waals surface area (Å²) in [7, 11) is 5.10. The van der Waals surface area contributed by atoms with E-state index in [4.69, 9.17) is 0 Å². The lowest BCUT2D eigenvalue weighted by Gasteiger charge is -2.07. The van der Waals surface area contributed by atoms with Gasteiger partial charge in [0.25, 0.3) is 0 Å². The largest absolute Gasteiger partial charge is 0.262 e. The van der Waals surface area contributed by atoms with Gasteiger partial charge in [0.05, 0.1) is 19.1 Å². The first-order valence-electron chi connectivity index (χ1n) is 6.01. The third-order valence-corrected chi connectivity index (χ3v) is 2.75. The number of aromatic nitrogens is 2. The third-order valence-electron chi connectivity index (χ3n) is 2.75. The monoisotopic (exact) mass is 220 g/mol. The van der Waals surface area contributed by atoms with Crippen LogP contribution in [0.3, 0.4) is 0 Å². The van der Waals surface area contributed by atoms with E-state index in [1.54, 1.807) is 0 Å². The number of nitrogens with zero attached hydrogens (tertiary/aromatic N) is 2. The summed E-state index contributed by atoms with van der Waals surface area (Å²) in [5.74, 6) is 0. The van der Waals surface area contributed by atoms with Crippen molar-refractivity contribution in [2.75, 3.05) is 0 Å². The number of hydrogen-bond donors (Lipinski definition) is 0. The van der Waals surface area contributed by atoms with E-state index in [1.807, 2.05) is 7.85 Å². The summed E-state index contributed by atoms with van der Waals surface area (Å²) in [6.07, 6.45) is 0. The quantitative estimate of drug-likeness (QED) is 0.583. The zero-order chi connectivity index (χ0) is 12.4. The van der Waals surface area contributed by atoms with E-state index in [0.29, 0.717) is 0 Å². The first kappa shape index (κ1) is 12.0. The van der Waals surface area contributed by atoms with E-state index >= 15 is 0 Å². The van der Waals surface area contributed by atoms with Crippen molar-refractivity contribution in [3.8, 4) is 11.4 Å². The molecular formula is C12H15B3N2. The highest BCUT2D eigenvalue weighted by Crippen LogP contribution is 2.14. The molecule has 82 valence electrons. The molecule has 17 heavy (non-hydrogen) atoms. The average Bonchev–Trinajstić information content (AvgIpc) is 2.26. The fourth-order valence-corrected chi connectivity index (χ4v) is 2.02. The van der Waals surface area contributed by atoms with Crippen molar-refractivity contribution in [1.29, 1.82) is 0 Å². The molecule has 5 heteroatoms. The molecule has 0 radical (unpaired) electrons. The molecule has 2 heterocycles. The lowest BCUT2D eigenvalue weighted by Crippen LogP contribution is -2.20. The Morgan fingerprint density at radius 1 is 0.941 bits per heavy atom. The molecule has 0 spiro atoms. The molecular weight excluding hydrogens is 205 g/mol. The van der Waals surface area contributed by atoms with E-state index in [-0.39, 0.29) is 0 Å². The maximum absolute atomic E-state index is 4.64. The van der Waals surface area contributed by atoms with Gasteiger partial charge in [0.15, 0.2) is 7.85 Å². The Kier molecular flexibility index (Phi) is 3.37. The van der Waals surface area contributed by atoms with Crippen LogP contribution >= 0.6 is 0 Å². The van der Waals surface area contributed by atoms with Crippen LogP contribution in [0.15, 0.2) is 24.3 Å². The van der Waals surface area contributed by atoms with Crippen molar-refractivity contribution in [2.45, 2.75) is 13.8 Å². The maximum atomic E-state index is 4.64. The topological polar surface area (TPSA) is 25.8 Å². The van der Waals surface area contributed by atoms with Crippen LogP contribution in [-0.4, -0.2) is 32.7 Å². The molecule has 2 nitrogen and oxygen atoms in total. The molecule has 2 aromatic rings. The number of rotatable bonds is 2. The maximum Gasteiger partial charge on any atom is 0.163 e. The van der Waals surface area contributed by atoms with Crippen LogP contribution < -0.4 is 11.2 Å². The Hall–Kier alpha value is -1.51. The van der Waals surface area contributed by atoms with Crippen LogP contribution in [0.5, 0.6) is 0 Å². The van der Waals surface area contributed by atoms with Gasteiger partial charge in [-0.15, -0.1) is 0 Å². The summed E-state index contributed by atoms with van der Waals surface area (Å²) in [6.45, 7) is 4.20. The molecule has 0 N–H and O–H groups in total. The van der Waals surface area contributed by atoms with Gasteiger partial charge in [0.2, 0.25) is 0 Å². The van der Waals surface area contributed by atoms with Gasteiger partial charge in [-0.25, -0.2) is 0 Å². The standard InChI is InChI=1S/C12H15B3N2/c1-7-3-9(16-11(13)5-7)10-4-8(2)6-12(15-14)17-10/h3-6,15H,13-14H2,1-2H3. The van der Waals surface area contributed by atoms with Crippen molar-refractivity contribution in [3.63, 3.8) is 0 Å². The molecule has 0 aliphatic carbocycles. The van der Waals surface area contributed by atoms with Crippen molar-refractivity contribution in [3.05, 3.63) is 35.4 Å². The second kappa shape index (κ2) is 4.78. The smallest absolute Gasteiger partial charge is 0.163 e. The molecule has 0 bridgehead atoms. The Morgan fingerprint density at radius 3 is 2.12 bits per heavy atom.